The molecule has 7 nitrogen and oxygen atoms in total. The van der Waals surface area contributed by atoms with E-state index < -0.39 is 29.0 Å². The van der Waals surface area contributed by atoms with E-state index in [-0.39, 0.29) is 25.4 Å². The Morgan fingerprint density at radius 3 is 2.33 bits per heavy atom. The van der Waals surface area contributed by atoms with E-state index in [4.69, 9.17) is 21.1 Å². The maximum absolute atomic E-state index is 14.0. The van der Waals surface area contributed by atoms with E-state index in [0.717, 1.165) is 17.7 Å². The van der Waals surface area contributed by atoms with Crippen LogP contribution in [-0.4, -0.2) is 56.0 Å². The Morgan fingerprint density at radius 2 is 1.71 bits per heavy atom. The van der Waals surface area contributed by atoms with Gasteiger partial charge in [0.15, 0.2) is 0 Å². The standard InChI is InChI=1S/C31H31ClF3N3O4/c1-4-42-29(40)30(2)20-37(36-28(30)22-9-13-24(32)14-10-22)19-27(39)38(25-15-11-23(12-16-25)31(33,34)35)26-8-6-5-7-21(26)17-18-41-3/h5-16H,4,17-20H2,1-3H3. The molecule has 0 aliphatic carbocycles. The monoisotopic (exact) mass is 601 g/mol. The molecule has 1 heterocycles. The van der Waals surface area contributed by atoms with Gasteiger partial charge in [0.05, 0.1) is 36.7 Å². The molecule has 3 aromatic rings. The molecule has 3 aromatic carbocycles. The number of ether oxygens (including phenoxy) is 2. The maximum Gasteiger partial charge on any atom is 0.416 e. The van der Waals surface area contributed by atoms with E-state index in [1.165, 1.54) is 22.0 Å². The number of hydrazone groups is 1. The molecule has 1 aliphatic heterocycles. The molecule has 0 spiro atoms. The Hall–Kier alpha value is -3.89. The molecule has 0 N–H and O–H groups in total. The van der Waals surface area contributed by atoms with Crippen LogP contribution in [0.25, 0.3) is 0 Å². The Bertz CT molecular complexity index is 1450. The fraction of sp³-hybridized carbons (Fsp3) is 0.323. The third-order valence-corrected chi connectivity index (χ3v) is 7.19. The van der Waals surface area contributed by atoms with E-state index in [1.54, 1.807) is 57.4 Å². The van der Waals surface area contributed by atoms with E-state index in [1.807, 2.05) is 12.1 Å². The van der Waals surface area contributed by atoms with Gasteiger partial charge in [-0.05, 0) is 73.9 Å². The molecule has 1 amide bonds. The summed E-state index contributed by atoms with van der Waals surface area (Å²) >= 11 is 6.07. The third-order valence-electron chi connectivity index (χ3n) is 6.93. The van der Waals surface area contributed by atoms with Gasteiger partial charge in [-0.3, -0.25) is 19.5 Å². The normalized spacial score (nSPS) is 16.7. The van der Waals surface area contributed by atoms with Crippen molar-refractivity contribution in [2.75, 3.05) is 38.3 Å². The summed E-state index contributed by atoms with van der Waals surface area (Å²) in [6.07, 6.45) is -4.05. The van der Waals surface area contributed by atoms with Crippen LogP contribution >= 0.6 is 11.6 Å². The molecule has 4 rings (SSSR count). The minimum atomic E-state index is -4.52. The first kappa shape index (κ1) is 31.1. The average Bonchev–Trinajstić information content (AvgIpc) is 3.29. The third kappa shape index (κ3) is 6.77. The fourth-order valence-corrected chi connectivity index (χ4v) is 4.98. The minimum absolute atomic E-state index is 0.0572. The second-order valence-electron chi connectivity index (χ2n) is 9.98. The summed E-state index contributed by atoms with van der Waals surface area (Å²) in [4.78, 5) is 28.5. The first-order valence-corrected chi connectivity index (χ1v) is 13.7. The van der Waals surface area contributed by atoms with Crippen molar-refractivity contribution in [3.8, 4) is 0 Å². The van der Waals surface area contributed by atoms with Crippen molar-refractivity contribution in [1.29, 1.82) is 0 Å². The number of hydrogen-bond donors (Lipinski definition) is 0. The lowest BCUT2D eigenvalue weighted by Crippen LogP contribution is -2.42. The summed E-state index contributed by atoms with van der Waals surface area (Å²) in [5.74, 6) is -0.940. The Kier molecular flexibility index (Phi) is 9.58. The lowest BCUT2D eigenvalue weighted by molar-refractivity contribution is -0.150. The van der Waals surface area contributed by atoms with Crippen LogP contribution in [0.5, 0.6) is 0 Å². The molecule has 1 atom stereocenters. The number of methoxy groups -OCH3 is 1. The van der Waals surface area contributed by atoms with E-state index >= 15 is 0 Å². The van der Waals surface area contributed by atoms with Crippen LogP contribution in [0.15, 0.2) is 77.9 Å². The van der Waals surface area contributed by atoms with Gasteiger partial charge < -0.3 is 9.47 Å². The van der Waals surface area contributed by atoms with Crippen molar-refractivity contribution in [3.05, 3.63) is 94.5 Å². The number of alkyl halides is 3. The maximum atomic E-state index is 14.0. The van der Waals surface area contributed by atoms with Gasteiger partial charge in [-0.15, -0.1) is 0 Å². The first-order valence-electron chi connectivity index (χ1n) is 13.3. The Labute approximate surface area is 247 Å². The van der Waals surface area contributed by atoms with Crippen LogP contribution in [0.3, 0.4) is 0 Å². The summed E-state index contributed by atoms with van der Waals surface area (Å²) in [6, 6.07) is 18.4. The fourth-order valence-electron chi connectivity index (χ4n) is 4.85. The van der Waals surface area contributed by atoms with Crippen molar-refractivity contribution in [2.24, 2.45) is 10.5 Å². The van der Waals surface area contributed by atoms with E-state index in [2.05, 4.69) is 5.10 Å². The Balaban J connectivity index is 1.72. The molecule has 0 radical (unpaired) electrons. The lowest BCUT2D eigenvalue weighted by Gasteiger charge is -2.28. The summed E-state index contributed by atoms with van der Waals surface area (Å²) in [5.41, 5.74) is 0.603. The van der Waals surface area contributed by atoms with Gasteiger partial charge in [-0.25, -0.2) is 0 Å². The number of nitrogens with zero attached hydrogens (tertiary/aromatic N) is 3. The molecule has 1 aliphatic rings. The molecule has 0 aromatic heterocycles. The van der Waals surface area contributed by atoms with Gasteiger partial charge in [-0.2, -0.15) is 18.3 Å². The molecule has 222 valence electrons. The van der Waals surface area contributed by atoms with Gasteiger partial charge >= 0.3 is 12.1 Å². The van der Waals surface area contributed by atoms with Crippen LogP contribution in [0.2, 0.25) is 5.02 Å². The minimum Gasteiger partial charge on any atom is -0.465 e. The molecule has 0 saturated heterocycles. The molecule has 1 unspecified atom stereocenters. The van der Waals surface area contributed by atoms with Gasteiger partial charge in [0, 0.05) is 17.8 Å². The predicted octanol–water partition coefficient (Wildman–Crippen LogP) is 6.50. The Morgan fingerprint density at radius 1 is 1.05 bits per heavy atom. The molecule has 42 heavy (non-hydrogen) atoms. The smallest absolute Gasteiger partial charge is 0.416 e. The van der Waals surface area contributed by atoms with Gasteiger partial charge in [0.2, 0.25) is 0 Å². The number of para-hydroxylation sites is 1. The molecule has 11 heteroatoms. The summed E-state index contributed by atoms with van der Waals surface area (Å²) in [6.45, 7) is 3.76. The number of rotatable bonds is 10. The zero-order valence-corrected chi connectivity index (χ0v) is 24.2. The van der Waals surface area contributed by atoms with Crippen molar-refractivity contribution in [3.63, 3.8) is 0 Å². The largest absolute Gasteiger partial charge is 0.465 e. The van der Waals surface area contributed by atoms with Crippen molar-refractivity contribution >= 4 is 40.6 Å². The van der Waals surface area contributed by atoms with Crippen molar-refractivity contribution in [1.82, 2.24) is 5.01 Å². The van der Waals surface area contributed by atoms with Gasteiger partial charge in [-0.1, -0.05) is 41.9 Å². The lowest BCUT2D eigenvalue weighted by atomic mass is 9.82. The number of halogens is 4. The molecular formula is C31H31ClF3N3O4. The second-order valence-corrected chi connectivity index (χ2v) is 10.4. The summed E-state index contributed by atoms with van der Waals surface area (Å²) in [7, 11) is 1.56. The van der Waals surface area contributed by atoms with Crippen LogP contribution in [0.4, 0.5) is 24.5 Å². The quantitative estimate of drug-likeness (QED) is 0.248. The number of esters is 1. The molecular weight excluding hydrogens is 571 g/mol. The highest BCUT2D eigenvalue weighted by molar-refractivity contribution is 6.30. The van der Waals surface area contributed by atoms with Crippen LogP contribution in [0, 0.1) is 5.41 Å². The summed E-state index contributed by atoms with van der Waals surface area (Å²) in [5, 5.41) is 6.66. The zero-order valence-electron chi connectivity index (χ0n) is 23.5. The number of carbonyl (C=O) groups is 2. The topological polar surface area (TPSA) is 71.4 Å². The first-order chi connectivity index (χ1) is 20.0. The van der Waals surface area contributed by atoms with Gasteiger partial charge in [0.1, 0.15) is 12.0 Å². The second kappa shape index (κ2) is 13.0. The predicted molar refractivity (Wildman–Crippen MR) is 155 cm³/mol. The average molecular weight is 602 g/mol. The van der Waals surface area contributed by atoms with Crippen molar-refractivity contribution in [2.45, 2.75) is 26.4 Å². The van der Waals surface area contributed by atoms with E-state index in [9.17, 15) is 22.8 Å². The SMILES string of the molecule is CCOC(=O)C1(C)CN(CC(=O)N(c2ccc(C(F)(F)F)cc2)c2ccccc2CCOC)N=C1c1ccc(Cl)cc1. The van der Waals surface area contributed by atoms with Crippen molar-refractivity contribution < 1.29 is 32.2 Å². The summed E-state index contributed by atoms with van der Waals surface area (Å²) < 4.78 is 50.5. The highest BCUT2D eigenvalue weighted by atomic mass is 35.5. The number of amides is 1. The molecule has 0 fully saturated rings. The van der Waals surface area contributed by atoms with E-state index in [0.29, 0.717) is 35.0 Å². The molecule has 0 saturated carbocycles. The highest BCUT2D eigenvalue weighted by Gasteiger charge is 2.47. The van der Waals surface area contributed by atoms with Gasteiger partial charge in [0.25, 0.3) is 5.91 Å². The highest BCUT2D eigenvalue weighted by Crippen LogP contribution is 2.36. The number of anilines is 2. The van der Waals surface area contributed by atoms with Crippen LogP contribution < -0.4 is 4.90 Å². The van der Waals surface area contributed by atoms with Crippen LogP contribution in [-0.2, 0) is 31.7 Å². The number of hydrogen-bond acceptors (Lipinski definition) is 6. The number of carbonyl (C=O) groups excluding carboxylic acids is 2. The molecule has 0 bridgehead atoms. The zero-order chi connectivity index (χ0) is 30.5. The number of benzene rings is 3. The van der Waals surface area contributed by atoms with Crippen LogP contribution in [0.1, 0.15) is 30.5 Å².